The predicted molar refractivity (Wildman–Crippen MR) is 123 cm³/mol. The van der Waals surface area contributed by atoms with Crippen LogP contribution in [0.5, 0.6) is 5.75 Å². The second kappa shape index (κ2) is 9.73. The number of nitrogens with zero attached hydrogens (tertiary/aromatic N) is 2. The number of ketones is 1. The van der Waals surface area contributed by atoms with Crippen molar-refractivity contribution in [1.82, 2.24) is 4.90 Å². The molecule has 8 heteroatoms. The minimum atomic E-state index is -4.04. The number of piperidine rings is 1. The van der Waals surface area contributed by atoms with Crippen molar-refractivity contribution >= 4 is 27.4 Å². The molecule has 32 heavy (non-hydrogen) atoms. The molecule has 1 amide bonds. The molecule has 1 saturated heterocycles. The summed E-state index contributed by atoms with van der Waals surface area (Å²) in [5, 5.41) is 0. The molecular weight excluding hydrogens is 428 g/mol. The maximum absolute atomic E-state index is 13.6. The van der Waals surface area contributed by atoms with Gasteiger partial charge < -0.3 is 9.64 Å². The number of likely N-dealkylation sites (tertiary alicyclic amines) is 1. The molecule has 0 aromatic heterocycles. The first-order valence-corrected chi connectivity index (χ1v) is 12.1. The lowest BCUT2D eigenvalue weighted by Gasteiger charge is -2.36. The highest BCUT2D eigenvalue weighted by atomic mass is 32.2. The topological polar surface area (TPSA) is 84.0 Å². The van der Waals surface area contributed by atoms with Gasteiger partial charge in [0.05, 0.1) is 17.7 Å². The summed E-state index contributed by atoms with van der Waals surface area (Å²) in [7, 11) is -2.51. The van der Waals surface area contributed by atoms with Gasteiger partial charge in [0, 0.05) is 18.7 Å². The Morgan fingerprint density at radius 2 is 1.56 bits per heavy atom. The van der Waals surface area contributed by atoms with Crippen molar-refractivity contribution in [3.05, 3.63) is 54.1 Å². The molecule has 0 unspecified atom stereocenters. The highest BCUT2D eigenvalue weighted by Gasteiger charge is 2.31. The third kappa shape index (κ3) is 5.30. The van der Waals surface area contributed by atoms with Gasteiger partial charge in [-0.1, -0.05) is 26.0 Å². The zero-order valence-electron chi connectivity index (χ0n) is 18.9. The molecule has 0 saturated carbocycles. The maximum atomic E-state index is 13.6. The Labute approximate surface area is 190 Å². The van der Waals surface area contributed by atoms with Crippen LogP contribution in [0.15, 0.2) is 53.4 Å². The van der Waals surface area contributed by atoms with Crippen LogP contribution in [0.3, 0.4) is 0 Å². The van der Waals surface area contributed by atoms with Crippen LogP contribution >= 0.6 is 0 Å². The van der Waals surface area contributed by atoms with Crippen LogP contribution in [0.2, 0.25) is 0 Å². The van der Waals surface area contributed by atoms with E-state index in [1.165, 1.54) is 38.3 Å². The standard InChI is InChI=1S/C24H30N2O5S/c1-17-13-18(2)15-25(14-17)24(28)16-26(21-7-9-22(31-4)10-8-21)32(29,30)23-11-5-20(6-12-23)19(3)27/h5-12,17-18H,13-16H2,1-4H3/t17-,18-/m1/s1. The number of ether oxygens (including phenoxy) is 1. The van der Waals surface area contributed by atoms with Gasteiger partial charge >= 0.3 is 0 Å². The van der Waals surface area contributed by atoms with Gasteiger partial charge in [-0.3, -0.25) is 13.9 Å². The van der Waals surface area contributed by atoms with Gasteiger partial charge in [0.2, 0.25) is 5.91 Å². The van der Waals surface area contributed by atoms with Gasteiger partial charge in [0.1, 0.15) is 12.3 Å². The molecule has 0 radical (unpaired) electrons. The minimum Gasteiger partial charge on any atom is -0.497 e. The lowest BCUT2D eigenvalue weighted by Crippen LogP contribution is -2.48. The number of sulfonamides is 1. The molecule has 1 aliphatic heterocycles. The molecule has 0 bridgehead atoms. The van der Waals surface area contributed by atoms with Gasteiger partial charge in [0.15, 0.2) is 5.78 Å². The molecule has 2 atom stereocenters. The lowest BCUT2D eigenvalue weighted by atomic mass is 9.92. The third-order valence-electron chi connectivity index (χ3n) is 5.71. The van der Waals surface area contributed by atoms with E-state index in [0.717, 1.165) is 10.7 Å². The van der Waals surface area contributed by atoms with Crippen LogP contribution in [-0.4, -0.2) is 51.8 Å². The first kappa shape index (κ1) is 23.8. The molecule has 1 heterocycles. The van der Waals surface area contributed by atoms with E-state index < -0.39 is 10.0 Å². The number of carbonyl (C=O) groups excluding carboxylic acids is 2. The summed E-state index contributed by atoms with van der Waals surface area (Å²) in [5.41, 5.74) is 0.792. The smallest absolute Gasteiger partial charge is 0.264 e. The number of carbonyl (C=O) groups is 2. The Balaban J connectivity index is 1.96. The average Bonchev–Trinajstić information content (AvgIpc) is 2.76. The third-order valence-corrected chi connectivity index (χ3v) is 7.50. The quantitative estimate of drug-likeness (QED) is 0.592. The molecular formula is C24H30N2O5S. The van der Waals surface area contributed by atoms with Gasteiger partial charge in [-0.2, -0.15) is 0 Å². The van der Waals surface area contributed by atoms with E-state index in [2.05, 4.69) is 13.8 Å². The summed E-state index contributed by atoms with van der Waals surface area (Å²) < 4.78 is 33.4. The summed E-state index contributed by atoms with van der Waals surface area (Å²) in [5.74, 6) is 0.940. The Morgan fingerprint density at radius 3 is 2.06 bits per heavy atom. The zero-order valence-corrected chi connectivity index (χ0v) is 19.8. The van der Waals surface area contributed by atoms with Crippen LogP contribution in [0.4, 0.5) is 5.69 Å². The number of hydrogen-bond acceptors (Lipinski definition) is 5. The molecule has 1 aliphatic rings. The molecule has 1 fully saturated rings. The van der Waals surface area contributed by atoms with Gasteiger partial charge in [0.25, 0.3) is 10.0 Å². The highest BCUT2D eigenvalue weighted by Crippen LogP contribution is 2.27. The summed E-state index contributed by atoms with van der Waals surface area (Å²) in [6.45, 7) is 6.56. The largest absolute Gasteiger partial charge is 0.497 e. The Morgan fingerprint density at radius 1 is 1.00 bits per heavy atom. The van der Waals surface area contributed by atoms with Crippen molar-refractivity contribution in [2.45, 2.75) is 32.1 Å². The average molecular weight is 459 g/mol. The van der Waals surface area contributed by atoms with Crippen molar-refractivity contribution < 1.29 is 22.7 Å². The zero-order chi connectivity index (χ0) is 23.5. The number of Topliss-reactive ketones (excluding diaryl/α,β-unsaturated/α-hetero) is 1. The van der Waals surface area contributed by atoms with E-state index >= 15 is 0 Å². The van der Waals surface area contributed by atoms with E-state index in [1.807, 2.05) is 0 Å². The van der Waals surface area contributed by atoms with Crippen LogP contribution in [0, 0.1) is 11.8 Å². The van der Waals surface area contributed by atoms with Crippen LogP contribution in [-0.2, 0) is 14.8 Å². The van der Waals surface area contributed by atoms with Crippen molar-refractivity contribution in [1.29, 1.82) is 0 Å². The van der Waals surface area contributed by atoms with Crippen LogP contribution in [0.1, 0.15) is 37.6 Å². The molecule has 0 aliphatic carbocycles. The van der Waals surface area contributed by atoms with E-state index in [9.17, 15) is 18.0 Å². The van der Waals surface area contributed by atoms with E-state index in [-0.39, 0.29) is 23.1 Å². The first-order valence-electron chi connectivity index (χ1n) is 10.7. The number of anilines is 1. The molecule has 0 N–H and O–H groups in total. The number of rotatable bonds is 7. The Bertz CT molecular complexity index is 1050. The van der Waals surface area contributed by atoms with Crippen molar-refractivity contribution in [2.75, 3.05) is 31.0 Å². The number of methoxy groups -OCH3 is 1. The van der Waals surface area contributed by atoms with Crippen LogP contribution < -0.4 is 9.04 Å². The van der Waals surface area contributed by atoms with E-state index in [4.69, 9.17) is 4.74 Å². The van der Waals surface area contributed by atoms with Crippen molar-refractivity contribution in [3.8, 4) is 5.75 Å². The fraction of sp³-hybridized carbons (Fsp3) is 0.417. The molecule has 0 spiro atoms. The Kier molecular flexibility index (Phi) is 7.23. The summed E-state index contributed by atoms with van der Waals surface area (Å²) in [6.07, 6.45) is 1.05. The summed E-state index contributed by atoms with van der Waals surface area (Å²) in [6, 6.07) is 12.3. The normalized spacial score (nSPS) is 18.8. The predicted octanol–water partition coefficient (Wildman–Crippen LogP) is 3.60. The first-order chi connectivity index (χ1) is 15.1. The fourth-order valence-corrected chi connectivity index (χ4v) is 5.56. The number of amides is 1. The van der Waals surface area contributed by atoms with Gasteiger partial charge in [-0.05, 0) is 61.6 Å². The molecule has 3 rings (SSSR count). The van der Waals surface area contributed by atoms with E-state index in [1.54, 1.807) is 29.2 Å². The molecule has 2 aromatic carbocycles. The summed E-state index contributed by atoms with van der Waals surface area (Å²) in [4.78, 5) is 26.5. The lowest BCUT2D eigenvalue weighted by molar-refractivity contribution is -0.132. The van der Waals surface area contributed by atoms with E-state index in [0.29, 0.717) is 41.9 Å². The molecule has 2 aromatic rings. The minimum absolute atomic E-state index is 0.0199. The van der Waals surface area contributed by atoms with Gasteiger partial charge in [-0.25, -0.2) is 8.42 Å². The number of hydrogen-bond donors (Lipinski definition) is 0. The highest BCUT2D eigenvalue weighted by molar-refractivity contribution is 7.92. The van der Waals surface area contributed by atoms with Gasteiger partial charge in [-0.15, -0.1) is 0 Å². The monoisotopic (exact) mass is 458 g/mol. The second-order valence-electron chi connectivity index (χ2n) is 8.54. The van der Waals surface area contributed by atoms with Crippen molar-refractivity contribution in [3.63, 3.8) is 0 Å². The summed E-state index contributed by atoms with van der Waals surface area (Å²) >= 11 is 0. The van der Waals surface area contributed by atoms with Crippen LogP contribution in [0.25, 0.3) is 0 Å². The molecule has 7 nitrogen and oxygen atoms in total. The maximum Gasteiger partial charge on any atom is 0.264 e. The Hall–Kier alpha value is -2.87. The second-order valence-corrected chi connectivity index (χ2v) is 10.4. The molecule has 172 valence electrons. The SMILES string of the molecule is COc1ccc(N(CC(=O)N2C[C@H](C)C[C@@H](C)C2)S(=O)(=O)c2ccc(C(C)=O)cc2)cc1. The van der Waals surface area contributed by atoms with Crippen molar-refractivity contribution in [2.24, 2.45) is 11.8 Å². The number of benzene rings is 2. The fourth-order valence-electron chi connectivity index (χ4n) is 4.14.